The van der Waals surface area contributed by atoms with E-state index >= 15 is 0 Å². The van der Waals surface area contributed by atoms with Crippen LogP contribution in [0.5, 0.6) is 0 Å². The number of rotatable bonds is 2. The Morgan fingerprint density at radius 2 is 1.64 bits per heavy atom. The SMILES string of the molecule is Cc1cc(C)c2c(C(C)C)cc(-c3nccc4ccccc34)cc2c1. The highest BCUT2D eigenvalue weighted by atomic mass is 14.7. The van der Waals surface area contributed by atoms with Crippen molar-refractivity contribution < 1.29 is 0 Å². The fourth-order valence-corrected chi connectivity index (χ4v) is 3.90. The number of fused-ring (bicyclic) bond motifs is 2. The number of nitrogens with zero attached hydrogens (tertiary/aromatic N) is 1. The Morgan fingerprint density at radius 1 is 0.840 bits per heavy atom. The van der Waals surface area contributed by atoms with E-state index in [9.17, 15) is 0 Å². The van der Waals surface area contributed by atoms with Gasteiger partial charge in [-0.2, -0.15) is 0 Å². The van der Waals surface area contributed by atoms with E-state index in [0.29, 0.717) is 5.92 Å². The molecule has 0 atom stereocenters. The van der Waals surface area contributed by atoms with E-state index in [1.54, 1.807) is 0 Å². The number of hydrogen-bond donors (Lipinski definition) is 0. The summed E-state index contributed by atoms with van der Waals surface area (Å²) < 4.78 is 0. The Kier molecular flexibility index (Phi) is 3.80. The Morgan fingerprint density at radius 3 is 2.44 bits per heavy atom. The lowest BCUT2D eigenvalue weighted by atomic mass is 9.89. The molecular formula is C24H23N. The highest BCUT2D eigenvalue weighted by molar-refractivity contribution is 5.99. The van der Waals surface area contributed by atoms with Crippen LogP contribution < -0.4 is 0 Å². The Balaban J connectivity index is 2.08. The van der Waals surface area contributed by atoms with Crippen molar-refractivity contribution in [1.29, 1.82) is 0 Å². The molecule has 0 amide bonds. The predicted molar refractivity (Wildman–Crippen MR) is 108 cm³/mol. The number of benzene rings is 3. The van der Waals surface area contributed by atoms with Gasteiger partial charge in [0, 0.05) is 17.1 Å². The van der Waals surface area contributed by atoms with E-state index in [0.717, 1.165) is 5.69 Å². The molecule has 0 radical (unpaired) electrons. The second-order valence-electron chi connectivity index (χ2n) is 7.28. The largest absolute Gasteiger partial charge is 0.256 e. The van der Waals surface area contributed by atoms with E-state index in [2.05, 4.69) is 82.3 Å². The van der Waals surface area contributed by atoms with E-state index in [-0.39, 0.29) is 0 Å². The Bertz CT molecular complexity index is 1080. The standard InChI is InChI=1S/C24H23N/c1-15(2)22-14-20(13-19-12-16(3)11-17(4)23(19)22)24-21-8-6-5-7-18(21)9-10-25-24/h5-15H,1-4H3. The molecule has 1 nitrogen and oxygen atoms in total. The summed E-state index contributed by atoms with van der Waals surface area (Å²) in [5.74, 6) is 0.471. The van der Waals surface area contributed by atoms with Crippen molar-refractivity contribution in [1.82, 2.24) is 4.98 Å². The molecule has 0 N–H and O–H groups in total. The van der Waals surface area contributed by atoms with Gasteiger partial charge in [-0.15, -0.1) is 0 Å². The summed E-state index contributed by atoms with van der Waals surface area (Å²) in [4.78, 5) is 4.73. The molecule has 4 rings (SSSR count). The van der Waals surface area contributed by atoms with E-state index in [4.69, 9.17) is 4.98 Å². The fraction of sp³-hybridized carbons (Fsp3) is 0.208. The fourth-order valence-electron chi connectivity index (χ4n) is 3.90. The molecule has 124 valence electrons. The molecule has 3 aromatic carbocycles. The van der Waals surface area contributed by atoms with Crippen LogP contribution in [0.4, 0.5) is 0 Å². The second kappa shape index (κ2) is 6.00. The zero-order valence-corrected chi connectivity index (χ0v) is 15.3. The maximum atomic E-state index is 4.73. The van der Waals surface area contributed by atoms with Crippen LogP contribution in [0.1, 0.15) is 36.5 Å². The molecule has 0 fully saturated rings. The van der Waals surface area contributed by atoms with Crippen LogP contribution in [-0.2, 0) is 0 Å². The van der Waals surface area contributed by atoms with Crippen molar-refractivity contribution >= 4 is 21.5 Å². The lowest BCUT2D eigenvalue weighted by molar-refractivity contribution is 0.876. The van der Waals surface area contributed by atoms with Crippen molar-refractivity contribution in [3.8, 4) is 11.3 Å². The third-order valence-corrected chi connectivity index (χ3v) is 4.99. The van der Waals surface area contributed by atoms with Crippen LogP contribution in [0.15, 0.2) is 60.8 Å². The molecule has 25 heavy (non-hydrogen) atoms. The molecule has 0 unspecified atom stereocenters. The quantitative estimate of drug-likeness (QED) is 0.395. The van der Waals surface area contributed by atoms with Gasteiger partial charge in [0.05, 0.1) is 5.69 Å². The molecule has 0 bridgehead atoms. The Hall–Kier alpha value is -2.67. The van der Waals surface area contributed by atoms with Crippen molar-refractivity contribution in [3.63, 3.8) is 0 Å². The van der Waals surface area contributed by atoms with Crippen LogP contribution in [0.2, 0.25) is 0 Å². The van der Waals surface area contributed by atoms with Gasteiger partial charge in [0.15, 0.2) is 0 Å². The molecule has 0 aliphatic heterocycles. The van der Waals surface area contributed by atoms with Gasteiger partial charge in [-0.1, -0.05) is 55.8 Å². The predicted octanol–water partition coefficient (Wildman–Crippen LogP) is 6.80. The highest BCUT2D eigenvalue weighted by Gasteiger charge is 2.13. The first-order chi connectivity index (χ1) is 12.0. The first kappa shape index (κ1) is 15.8. The van der Waals surface area contributed by atoms with Gasteiger partial charge in [0.1, 0.15) is 0 Å². The first-order valence-electron chi connectivity index (χ1n) is 8.93. The minimum absolute atomic E-state index is 0.471. The van der Waals surface area contributed by atoms with Crippen molar-refractivity contribution in [2.24, 2.45) is 0 Å². The lowest BCUT2D eigenvalue weighted by Gasteiger charge is -2.16. The summed E-state index contributed by atoms with van der Waals surface area (Å²) in [6.07, 6.45) is 1.92. The third-order valence-electron chi connectivity index (χ3n) is 4.99. The molecule has 0 saturated carbocycles. The molecule has 0 saturated heterocycles. The molecule has 4 aromatic rings. The first-order valence-corrected chi connectivity index (χ1v) is 8.93. The summed E-state index contributed by atoms with van der Waals surface area (Å²) in [6.45, 7) is 8.93. The number of hydrogen-bond acceptors (Lipinski definition) is 1. The molecule has 0 aliphatic carbocycles. The van der Waals surface area contributed by atoms with Gasteiger partial charge in [0.25, 0.3) is 0 Å². The van der Waals surface area contributed by atoms with E-state index in [1.165, 1.54) is 43.8 Å². The van der Waals surface area contributed by atoms with Crippen LogP contribution in [0.25, 0.3) is 32.8 Å². The van der Waals surface area contributed by atoms with Gasteiger partial charge < -0.3 is 0 Å². The van der Waals surface area contributed by atoms with E-state index in [1.807, 2.05) is 6.20 Å². The minimum atomic E-state index is 0.471. The molecule has 1 heteroatoms. The molecule has 0 aliphatic rings. The van der Waals surface area contributed by atoms with Crippen molar-refractivity contribution in [2.75, 3.05) is 0 Å². The normalized spacial score (nSPS) is 11.6. The lowest BCUT2D eigenvalue weighted by Crippen LogP contribution is -1.95. The second-order valence-corrected chi connectivity index (χ2v) is 7.28. The minimum Gasteiger partial charge on any atom is -0.256 e. The average molecular weight is 325 g/mol. The number of aryl methyl sites for hydroxylation is 2. The average Bonchev–Trinajstić information content (AvgIpc) is 2.59. The van der Waals surface area contributed by atoms with Gasteiger partial charge in [-0.05, 0) is 65.3 Å². The van der Waals surface area contributed by atoms with Gasteiger partial charge in [-0.3, -0.25) is 4.98 Å². The Labute approximate surface area is 149 Å². The van der Waals surface area contributed by atoms with Gasteiger partial charge in [-0.25, -0.2) is 0 Å². The zero-order chi connectivity index (χ0) is 17.6. The van der Waals surface area contributed by atoms with Gasteiger partial charge in [0.2, 0.25) is 0 Å². The highest BCUT2D eigenvalue weighted by Crippen LogP contribution is 2.35. The van der Waals surface area contributed by atoms with Gasteiger partial charge >= 0.3 is 0 Å². The third kappa shape index (κ3) is 2.70. The van der Waals surface area contributed by atoms with Crippen LogP contribution >= 0.6 is 0 Å². The monoisotopic (exact) mass is 325 g/mol. The zero-order valence-electron chi connectivity index (χ0n) is 15.3. The van der Waals surface area contributed by atoms with Crippen molar-refractivity contribution in [3.05, 3.63) is 77.5 Å². The number of pyridine rings is 1. The summed E-state index contributed by atoms with van der Waals surface area (Å²) in [7, 11) is 0. The van der Waals surface area contributed by atoms with E-state index < -0.39 is 0 Å². The topological polar surface area (TPSA) is 12.9 Å². The smallest absolute Gasteiger partial charge is 0.0780 e. The summed E-state index contributed by atoms with van der Waals surface area (Å²) in [5.41, 5.74) is 6.35. The molecular weight excluding hydrogens is 302 g/mol. The van der Waals surface area contributed by atoms with Crippen LogP contribution in [0.3, 0.4) is 0 Å². The van der Waals surface area contributed by atoms with Crippen LogP contribution in [-0.4, -0.2) is 4.98 Å². The summed E-state index contributed by atoms with van der Waals surface area (Å²) >= 11 is 0. The van der Waals surface area contributed by atoms with Crippen LogP contribution in [0, 0.1) is 13.8 Å². The summed E-state index contributed by atoms with van der Waals surface area (Å²) in [5, 5.41) is 5.15. The maximum Gasteiger partial charge on any atom is 0.0780 e. The molecule has 1 heterocycles. The number of aromatic nitrogens is 1. The summed E-state index contributed by atoms with van der Waals surface area (Å²) in [6, 6.07) is 19.8. The molecule has 0 spiro atoms. The molecule has 1 aromatic heterocycles. The van der Waals surface area contributed by atoms with Crippen molar-refractivity contribution in [2.45, 2.75) is 33.6 Å². The maximum absolute atomic E-state index is 4.73.